The van der Waals surface area contributed by atoms with Crippen LogP contribution in [0.5, 0.6) is 5.75 Å². The van der Waals surface area contributed by atoms with Crippen LogP contribution in [-0.2, 0) is 6.54 Å². The summed E-state index contributed by atoms with van der Waals surface area (Å²) in [6, 6.07) is 7.58. The fourth-order valence-corrected chi connectivity index (χ4v) is 3.40. The van der Waals surface area contributed by atoms with Gasteiger partial charge < -0.3 is 9.67 Å². The molecule has 0 fully saturated rings. The van der Waals surface area contributed by atoms with E-state index in [9.17, 15) is 5.11 Å². The number of fused-ring (bicyclic) bond motifs is 4. The lowest BCUT2D eigenvalue weighted by molar-refractivity contribution is 0.476. The van der Waals surface area contributed by atoms with Crippen LogP contribution in [0.1, 0.15) is 18.1 Å². The van der Waals surface area contributed by atoms with Crippen LogP contribution in [0.25, 0.3) is 32.6 Å². The van der Waals surface area contributed by atoms with Gasteiger partial charge in [-0.25, -0.2) is 4.98 Å². The Morgan fingerprint density at radius 3 is 2.64 bits per heavy atom. The summed E-state index contributed by atoms with van der Waals surface area (Å²) in [5.41, 5.74) is 4.42. The number of pyridine rings is 1. The van der Waals surface area contributed by atoms with Gasteiger partial charge >= 0.3 is 0 Å². The molecule has 3 nitrogen and oxygen atoms in total. The van der Waals surface area contributed by atoms with Gasteiger partial charge in [0.15, 0.2) is 0 Å². The van der Waals surface area contributed by atoms with E-state index in [1.54, 1.807) is 6.07 Å². The van der Waals surface area contributed by atoms with E-state index in [2.05, 4.69) is 43.8 Å². The van der Waals surface area contributed by atoms with Crippen molar-refractivity contribution in [1.29, 1.82) is 0 Å². The molecule has 2 aromatic heterocycles. The van der Waals surface area contributed by atoms with E-state index in [0.29, 0.717) is 0 Å². The summed E-state index contributed by atoms with van der Waals surface area (Å²) in [6.45, 7) is 7.37. The number of aromatic hydroxyl groups is 1. The highest BCUT2D eigenvalue weighted by molar-refractivity contribution is 6.16. The second-order valence-electron chi connectivity index (χ2n) is 5.89. The Labute approximate surface area is 128 Å². The predicted octanol–water partition coefficient (Wildman–Crippen LogP) is 4.69. The molecule has 0 bridgehead atoms. The summed E-state index contributed by atoms with van der Waals surface area (Å²) < 4.78 is 2.19. The van der Waals surface area contributed by atoms with Gasteiger partial charge in [-0.2, -0.15) is 0 Å². The quantitative estimate of drug-likeness (QED) is 0.552. The van der Waals surface area contributed by atoms with E-state index in [0.717, 1.165) is 28.4 Å². The number of rotatable bonds is 1. The summed E-state index contributed by atoms with van der Waals surface area (Å²) in [7, 11) is 0. The second-order valence-corrected chi connectivity index (χ2v) is 5.89. The van der Waals surface area contributed by atoms with Gasteiger partial charge in [0.2, 0.25) is 0 Å². The van der Waals surface area contributed by atoms with E-state index in [-0.39, 0.29) is 5.75 Å². The monoisotopic (exact) mass is 290 g/mol. The zero-order chi connectivity index (χ0) is 15.4. The van der Waals surface area contributed by atoms with Crippen LogP contribution in [-0.4, -0.2) is 14.7 Å². The molecular weight excluding hydrogens is 272 g/mol. The van der Waals surface area contributed by atoms with E-state index < -0.39 is 0 Å². The number of phenolic OH excluding ortho intramolecular Hbond substituents is 1. The summed E-state index contributed by atoms with van der Waals surface area (Å²) in [6.07, 6.45) is 4.33. The topological polar surface area (TPSA) is 38.0 Å². The number of hydrogen-bond acceptors (Lipinski definition) is 2. The molecule has 0 aliphatic carbocycles. The normalized spacial score (nSPS) is 11.8. The lowest BCUT2D eigenvalue weighted by Crippen LogP contribution is -1.96. The van der Waals surface area contributed by atoms with Crippen molar-refractivity contribution in [1.82, 2.24) is 9.55 Å². The molecule has 22 heavy (non-hydrogen) atoms. The van der Waals surface area contributed by atoms with Crippen molar-refractivity contribution in [2.24, 2.45) is 0 Å². The van der Waals surface area contributed by atoms with Crippen LogP contribution in [0.15, 0.2) is 36.7 Å². The molecule has 0 atom stereocenters. The van der Waals surface area contributed by atoms with Gasteiger partial charge in [0, 0.05) is 35.1 Å². The van der Waals surface area contributed by atoms with Gasteiger partial charge in [0.25, 0.3) is 0 Å². The third-order valence-corrected chi connectivity index (χ3v) is 4.64. The number of hydrogen-bond donors (Lipinski definition) is 1. The maximum absolute atomic E-state index is 9.83. The molecule has 0 aliphatic heterocycles. The zero-order valence-electron chi connectivity index (χ0n) is 13.0. The van der Waals surface area contributed by atoms with Crippen LogP contribution < -0.4 is 0 Å². The molecule has 0 saturated carbocycles. The third-order valence-electron chi connectivity index (χ3n) is 4.64. The maximum Gasteiger partial charge on any atom is 0.116 e. The molecule has 0 aliphatic rings. The number of benzene rings is 2. The van der Waals surface area contributed by atoms with Gasteiger partial charge in [0.1, 0.15) is 5.75 Å². The standard InChI is InChI=1S/C19H18N2O/c1-4-21-8-7-14-12(3)19-18(11(2)16(14)10-21)15-9-13(22)5-6-17(15)20-19/h5-10,22H,4H2,1-3H3. The Hall–Kier alpha value is -2.55. The van der Waals surface area contributed by atoms with Crippen molar-refractivity contribution >= 4 is 32.6 Å². The van der Waals surface area contributed by atoms with Crippen LogP contribution in [0.4, 0.5) is 0 Å². The summed E-state index contributed by atoms with van der Waals surface area (Å²) in [5, 5.41) is 14.5. The Kier molecular flexibility index (Phi) is 2.67. The predicted molar refractivity (Wildman–Crippen MR) is 91.6 cm³/mol. The molecule has 2 heterocycles. The van der Waals surface area contributed by atoms with E-state index in [1.165, 1.54) is 21.9 Å². The average molecular weight is 290 g/mol. The molecule has 110 valence electrons. The smallest absolute Gasteiger partial charge is 0.116 e. The van der Waals surface area contributed by atoms with E-state index in [1.807, 2.05) is 12.1 Å². The summed E-state index contributed by atoms with van der Waals surface area (Å²) in [5.74, 6) is 0.288. The average Bonchev–Trinajstić information content (AvgIpc) is 2.91. The van der Waals surface area contributed by atoms with Crippen molar-refractivity contribution in [3.8, 4) is 5.75 Å². The molecule has 0 saturated heterocycles. The van der Waals surface area contributed by atoms with Crippen LogP contribution in [0.2, 0.25) is 0 Å². The Morgan fingerprint density at radius 1 is 1.05 bits per heavy atom. The molecular formula is C19H18N2O. The minimum atomic E-state index is 0.288. The van der Waals surface area contributed by atoms with Crippen molar-refractivity contribution in [3.05, 3.63) is 47.8 Å². The minimum absolute atomic E-state index is 0.288. The molecule has 0 unspecified atom stereocenters. The van der Waals surface area contributed by atoms with Crippen molar-refractivity contribution in [3.63, 3.8) is 0 Å². The lowest BCUT2D eigenvalue weighted by atomic mass is 9.97. The van der Waals surface area contributed by atoms with Crippen LogP contribution >= 0.6 is 0 Å². The summed E-state index contributed by atoms with van der Waals surface area (Å²) in [4.78, 5) is 4.79. The molecule has 2 aromatic carbocycles. The SMILES string of the molecule is CCn1ccc2c(C)c3nc4ccc(O)cc4c3c(C)c2c1. The minimum Gasteiger partial charge on any atom is -0.508 e. The summed E-state index contributed by atoms with van der Waals surface area (Å²) >= 11 is 0. The van der Waals surface area contributed by atoms with E-state index in [4.69, 9.17) is 4.98 Å². The maximum atomic E-state index is 9.83. The number of aromatic nitrogens is 2. The van der Waals surface area contributed by atoms with Crippen molar-refractivity contribution in [2.75, 3.05) is 0 Å². The molecule has 0 amide bonds. The second kappa shape index (κ2) is 4.47. The molecule has 3 heteroatoms. The Bertz CT molecular complexity index is 1040. The first-order valence-electron chi connectivity index (χ1n) is 7.61. The fourth-order valence-electron chi connectivity index (χ4n) is 3.40. The first-order valence-corrected chi connectivity index (χ1v) is 7.61. The van der Waals surface area contributed by atoms with Gasteiger partial charge in [-0.15, -0.1) is 0 Å². The third kappa shape index (κ3) is 1.65. The number of aryl methyl sites for hydroxylation is 3. The van der Waals surface area contributed by atoms with Crippen LogP contribution in [0.3, 0.4) is 0 Å². The first kappa shape index (κ1) is 13.1. The van der Waals surface area contributed by atoms with Gasteiger partial charge in [-0.05, 0) is 61.5 Å². The highest BCUT2D eigenvalue weighted by Gasteiger charge is 2.15. The molecule has 4 rings (SSSR count). The highest BCUT2D eigenvalue weighted by Crippen LogP contribution is 2.37. The molecule has 0 radical (unpaired) electrons. The molecule has 0 spiro atoms. The van der Waals surface area contributed by atoms with Crippen molar-refractivity contribution in [2.45, 2.75) is 27.3 Å². The van der Waals surface area contributed by atoms with Crippen molar-refractivity contribution < 1.29 is 5.11 Å². The number of nitrogens with zero attached hydrogens (tertiary/aromatic N) is 2. The number of phenols is 1. The van der Waals surface area contributed by atoms with Gasteiger partial charge in [-0.1, -0.05) is 0 Å². The Morgan fingerprint density at radius 2 is 1.86 bits per heavy atom. The molecule has 4 aromatic rings. The highest BCUT2D eigenvalue weighted by atomic mass is 16.3. The van der Waals surface area contributed by atoms with Crippen LogP contribution in [0, 0.1) is 13.8 Å². The van der Waals surface area contributed by atoms with Gasteiger partial charge in [0.05, 0.1) is 11.0 Å². The zero-order valence-corrected chi connectivity index (χ0v) is 13.0. The first-order chi connectivity index (χ1) is 10.6. The van der Waals surface area contributed by atoms with Gasteiger partial charge in [-0.3, -0.25) is 0 Å². The largest absolute Gasteiger partial charge is 0.508 e. The lowest BCUT2D eigenvalue weighted by Gasteiger charge is -2.11. The fraction of sp³-hybridized carbons (Fsp3) is 0.211. The molecule has 1 N–H and O–H groups in total. The van der Waals surface area contributed by atoms with E-state index >= 15 is 0 Å². The Balaban J connectivity index is 2.27.